The van der Waals surface area contributed by atoms with Gasteiger partial charge in [0.05, 0.1) is 11.8 Å². The Labute approximate surface area is 108 Å². The molecule has 0 unspecified atom stereocenters. The maximum Gasteiger partial charge on any atom is 0.255 e. The Morgan fingerprint density at radius 2 is 2.37 bits per heavy atom. The van der Waals surface area contributed by atoms with Crippen LogP contribution in [0.2, 0.25) is 0 Å². The number of aromatic nitrogens is 3. The molecule has 2 rings (SSSR count). The van der Waals surface area contributed by atoms with Gasteiger partial charge in [-0.3, -0.25) is 4.79 Å². The summed E-state index contributed by atoms with van der Waals surface area (Å²) in [5.74, 6) is -0.191. The van der Waals surface area contributed by atoms with Gasteiger partial charge in [-0.05, 0) is 13.0 Å². The summed E-state index contributed by atoms with van der Waals surface area (Å²) in [5.41, 5.74) is 5.50. The van der Waals surface area contributed by atoms with Gasteiger partial charge in [0.15, 0.2) is 5.82 Å². The van der Waals surface area contributed by atoms with E-state index in [-0.39, 0.29) is 17.9 Å². The van der Waals surface area contributed by atoms with Crippen molar-refractivity contribution >= 4 is 11.7 Å². The van der Waals surface area contributed by atoms with E-state index < -0.39 is 11.7 Å². The van der Waals surface area contributed by atoms with E-state index in [0.29, 0.717) is 18.1 Å². The van der Waals surface area contributed by atoms with E-state index in [4.69, 9.17) is 10.3 Å². The van der Waals surface area contributed by atoms with E-state index in [1.807, 2.05) is 0 Å². The molecular weight excluding hydrogens is 253 g/mol. The highest BCUT2D eigenvalue weighted by atomic mass is 19.1. The molecule has 0 aliphatic rings. The molecule has 0 bridgehead atoms. The monoisotopic (exact) mass is 265 g/mol. The first-order chi connectivity index (χ1) is 9.06. The number of amides is 1. The number of nitrogens with two attached hydrogens (primary N) is 1. The van der Waals surface area contributed by atoms with Gasteiger partial charge in [0.1, 0.15) is 11.6 Å². The molecule has 0 saturated heterocycles. The van der Waals surface area contributed by atoms with Crippen LogP contribution in [-0.2, 0) is 6.42 Å². The van der Waals surface area contributed by atoms with Crippen molar-refractivity contribution in [3.63, 3.8) is 0 Å². The predicted molar refractivity (Wildman–Crippen MR) is 63.7 cm³/mol. The Bertz CT molecular complexity index is 599. The summed E-state index contributed by atoms with van der Waals surface area (Å²) in [5, 5.41) is 6.19. The number of nitrogens with zero attached hydrogens (tertiary/aromatic N) is 3. The lowest BCUT2D eigenvalue weighted by atomic mass is 10.2. The minimum Gasteiger partial charge on any atom is -0.383 e. The van der Waals surface area contributed by atoms with Gasteiger partial charge in [-0.25, -0.2) is 9.37 Å². The second-order valence-corrected chi connectivity index (χ2v) is 3.83. The van der Waals surface area contributed by atoms with Crippen LogP contribution < -0.4 is 11.1 Å². The van der Waals surface area contributed by atoms with Crippen molar-refractivity contribution in [3.8, 4) is 0 Å². The summed E-state index contributed by atoms with van der Waals surface area (Å²) >= 11 is 0. The van der Waals surface area contributed by atoms with E-state index in [9.17, 15) is 9.18 Å². The second-order valence-electron chi connectivity index (χ2n) is 3.83. The molecular formula is C11H12FN5O2. The van der Waals surface area contributed by atoms with Gasteiger partial charge in [0.2, 0.25) is 5.89 Å². The molecule has 100 valence electrons. The number of carbonyl (C=O) groups is 1. The summed E-state index contributed by atoms with van der Waals surface area (Å²) in [4.78, 5) is 19.3. The molecule has 0 aliphatic carbocycles. The third-order valence-electron chi connectivity index (χ3n) is 2.32. The lowest BCUT2D eigenvalue weighted by Crippen LogP contribution is -2.27. The minimum absolute atomic E-state index is 0.00158. The predicted octanol–water partition coefficient (Wildman–Crippen LogP) is 0.467. The minimum atomic E-state index is -0.619. The zero-order valence-electron chi connectivity index (χ0n) is 10.2. The smallest absolute Gasteiger partial charge is 0.255 e. The van der Waals surface area contributed by atoms with Crippen LogP contribution in [0.4, 0.5) is 10.2 Å². The molecule has 3 N–H and O–H groups in total. The number of aryl methyl sites for hydroxylation is 1. The largest absolute Gasteiger partial charge is 0.383 e. The zero-order chi connectivity index (χ0) is 13.8. The van der Waals surface area contributed by atoms with Crippen LogP contribution >= 0.6 is 0 Å². The summed E-state index contributed by atoms with van der Waals surface area (Å²) in [6, 6.07) is 1.04. The molecule has 8 heteroatoms. The number of hydrogen-bond acceptors (Lipinski definition) is 6. The number of halogens is 1. The Kier molecular flexibility index (Phi) is 3.69. The van der Waals surface area contributed by atoms with E-state index in [0.717, 1.165) is 12.3 Å². The standard InChI is InChI=1S/C11H12FN5O2/c1-6-16-9(19-17-6)2-3-14-11(18)8-4-7(12)5-15-10(8)13/h4-5H,2-3H2,1H3,(H2,13,15)(H,14,18). The number of nitrogens with one attached hydrogen (secondary N) is 1. The molecule has 0 radical (unpaired) electrons. The van der Waals surface area contributed by atoms with Crippen molar-refractivity contribution in [2.75, 3.05) is 12.3 Å². The van der Waals surface area contributed by atoms with Crippen LogP contribution in [0.1, 0.15) is 22.1 Å². The molecule has 0 atom stereocenters. The van der Waals surface area contributed by atoms with Crippen molar-refractivity contribution in [2.24, 2.45) is 0 Å². The second kappa shape index (κ2) is 5.42. The van der Waals surface area contributed by atoms with Crippen LogP contribution in [0.5, 0.6) is 0 Å². The number of pyridine rings is 1. The molecule has 0 saturated carbocycles. The topological polar surface area (TPSA) is 107 Å². The number of hydrogen-bond donors (Lipinski definition) is 2. The Morgan fingerprint density at radius 1 is 1.58 bits per heavy atom. The molecule has 7 nitrogen and oxygen atoms in total. The van der Waals surface area contributed by atoms with Crippen molar-refractivity contribution in [1.82, 2.24) is 20.4 Å². The summed E-state index contributed by atoms with van der Waals surface area (Å²) in [7, 11) is 0. The average Bonchev–Trinajstić information content (AvgIpc) is 2.78. The highest BCUT2D eigenvalue weighted by molar-refractivity contribution is 5.98. The molecule has 2 aromatic heterocycles. The summed E-state index contributed by atoms with van der Waals surface area (Å²) in [6.07, 6.45) is 1.34. The van der Waals surface area contributed by atoms with Gasteiger partial charge in [0, 0.05) is 13.0 Å². The normalized spacial score (nSPS) is 10.4. The van der Waals surface area contributed by atoms with Crippen molar-refractivity contribution < 1.29 is 13.7 Å². The first-order valence-corrected chi connectivity index (χ1v) is 5.54. The molecule has 19 heavy (non-hydrogen) atoms. The molecule has 0 aliphatic heterocycles. The molecule has 2 aromatic rings. The Hall–Kier alpha value is -2.51. The van der Waals surface area contributed by atoms with Gasteiger partial charge in [-0.2, -0.15) is 4.98 Å². The van der Waals surface area contributed by atoms with Gasteiger partial charge in [0.25, 0.3) is 5.91 Å². The molecule has 0 aromatic carbocycles. The van der Waals surface area contributed by atoms with Crippen LogP contribution in [0, 0.1) is 12.7 Å². The van der Waals surface area contributed by atoms with Crippen LogP contribution in [-0.4, -0.2) is 27.6 Å². The van der Waals surface area contributed by atoms with E-state index in [2.05, 4.69) is 20.4 Å². The SMILES string of the molecule is Cc1noc(CCNC(=O)c2cc(F)cnc2N)n1. The van der Waals surface area contributed by atoms with Crippen LogP contribution in [0.15, 0.2) is 16.8 Å². The van der Waals surface area contributed by atoms with Gasteiger partial charge in [-0.15, -0.1) is 0 Å². The lowest BCUT2D eigenvalue weighted by Gasteiger charge is -2.05. The van der Waals surface area contributed by atoms with Gasteiger partial charge in [-0.1, -0.05) is 5.16 Å². The summed E-state index contributed by atoms with van der Waals surface area (Å²) in [6.45, 7) is 1.97. The van der Waals surface area contributed by atoms with Crippen molar-refractivity contribution in [1.29, 1.82) is 0 Å². The van der Waals surface area contributed by atoms with E-state index in [1.165, 1.54) is 0 Å². The fourth-order valence-electron chi connectivity index (χ4n) is 1.45. The Balaban J connectivity index is 1.92. The Morgan fingerprint density at radius 3 is 3.05 bits per heavy atom. The number of anilines is 1. The first kappa shape index (κ1) is 12.9. The fourth-order valence-corrected chi connectivity index (χ4v) is 1.45. The number of rotatable bonds is 4. The molecule has 1 amide bonds. The van der Waals surface area contributed by atoms with Crippen LogP contribution in [0.25, 0.3) is 0 Å². The zero-order valence-corrected chi connectivity index (χ0v) is 10.2. The third-order valence-corrected chi connectivity index (χ3v) is 2.32. The number of carbonyl (C=O) groups excluding carboxylic acids is 1. The lowest BCUT2D eigenvalue weighted by molar-refractivity contribution is 0.0953. The maximum absolute atomic E-state index is 13.0. The van der Waals surface area contributed by atoms with Gasteiger partial charge >= 0.3 is 0 Å². The molecule has 0 spiro atoms. The quantitative estimate of drug-likeness (QED) is 0.832. The number of nitrogen functional groups attached to an aromatic ring is 1. The molecule has 0 fully saturated rings. The molecule has 2 heterocycles. The fraction of sp³-hybridized carbons (Fsp3) is 0.273. The van der Waals surface area contributed by atoms with E-state index >= 15 is 0 Å². The average molecular weight is 265 g/mol. The third kappa shape index (κ3) is 3.24. The van der Waals surface area contributed by atoms with E-state index in [1.54, 1.807) is 6.92 Å². The maximum atomic E-state index is 13.0. The highest BCUT2D eigenvalue weighted by Gasteiger charge is 2.12. The highest BCUT2D eigenvalue weighted by Crippen LogP contribution is 2.09. The van der Waals surface area contributed by atoms with Gasteiger partial charge < -0.3 is 15.6 Å². The van der Waals surface area contributed by atoms with Crippen molar-refractivity contribution in [2.45, 2.75) is 13.3 Å². The van der Waals surface area contributed by atoms with Crippen molar-refractivity contribution in [3.05, 3.63) is 35.4 Å². The van der Waals surface area contributed by atoms with Crippen LogP contribution in [0.3, 0.4) is 0 Å². The first-order valence-electron chi connectivity index (χ1n) is 5.54. The summed E-state index contributed by atoms with van der Waals surface area (Å²) < 4.78 is 17.9.